The number of imidazole rings is 1. The number of aryl methyl sites for hydroxylation is 1. The first-order valence-electron chi connectivity index (χ1n) is 10.3. The van der Waals surface area contributed by atoms with Crippen LogP contribution in [0, 0.1) is 12.8 Å². The number of carbonyl (C=O) groups excluding carboxylic acids is 1. The molecule has 0 amide bonds. The molecule has 166 valence electrons. The minimum Gasteiger partial charge on any atom is -0.451 e. The second kappa shape index (κ2) is 8.45. The van der Waals surface area contributed by atoms with E-state index in [0.29, 0.717) is 22.3 Å². The fourth-order valence-electron chi connectivity index (χ4n) is 4.22. The molecule has 3 heterocycles. The Bertz CT molecular complexity index is 1190. The van der Waals surface area contributed by atoms with Crippen molar-refractivity contribution in [1.29, 1.82) is 0 Å². The number of nitrogens with one attached hydrogen (secondary N) is 1. The van der Waals surface area contributed by atoms with Crippen LogP contribution in [0.4, 0.5) is 5.82 Å². The quantitative estimate of drug-likeness (QED) is 0.199. The number of azide groups is 1. The lowest BCUT2D eigenvalue weighted by Crippen LogP contribution is -2.43. The molecule has 1 aromatic carbocycles. The molecular formula is C21H24N8O3. The highest BCUT2D eigenvalue weighted by molar-refractivity contribution is 5.90. The van der Waals surface area contributed by atoms with Crippen LogP contribution in [0.5, 0.6) is 0 Å². The third-order valence-corrected chi connectivity index (χ3v) is 6.09. The molecule has 1 aliphatic rings. The van der Waals surface area contributed by atoms with Gasteiger partial charge in [-0.2, -0.15) is 4.91 Å². The van der Waals surface area contributed by atoms with Crippen molar-refractivity contribution in [2.45, 2.75) is 52.0 Å². The molecule has 0 spiro atoms. The summed E-state index contributed by atoms with van der Waals surface area (Å²) in [5, 5.41) is 11.5. The summed E-state index contributed by atoms with van der Waals surface area (Å²) in [6.07, 6.45) is 1.59. The summed E-state index contributed by atoms with van der Waals surface area (Å²) in [7, 11) is 0. The van der Waals surface area contributed by atoms with Crippen LogP contribution in [0.15, 0.2) is 41.9 Å². The van der Waals surface area contributed by atoms with E-state index in [1.54, 1.807) is 37.5 Å². The fraction of sp³-hybridized carbons (Fsp3) is 0.429. The Morgan fingerprint density at radius 1 is 1.38 bits per heavy atom. The highest BCUT2D eigenvalue weighted by atomic mass is 16.6. The van der Waals surface area contributed by atoms with E-state index in [9.17, 15) is 4.79 Å². The molecule has 1 N–H and O–H groups in total. The monoisotopic (exact) mass is 436 g/mol. The minimum atomic E-state index is -0.977. The van der Waals surface area contributed by atoms with Crippen molar-refractivity contribution >= 4 is 22.8 Å². The molecule has 0 radical (unpaired) electrons. The molecule has 3 aromatic rings. The zero-order valence-electron chi connectivity index (χ0n) is 18.3. The van der Waals surface area contributed by atoms with Crippen LogP contribution in [0.2, 0.25) is 0 Å². The molecule has 32 heavy (non-hydrogen) atoms. The second-order valence-electron chi connectivity index (χ2n) is 7.95. The first kappa shape index (κ1) is 21.5. The Balaban J connectivity index is 1.79. The molecule has 4 atom stereocenters. The lowest BCUT2D eigenvalue weighted by atomic mass is 9.86. The van der Waals surface area contributed by atoms with Gasteiger partial charge in [-0.15, -0.1) is 15.7 Å². The van der Waals surface area contributed by atoms with Crippen LogP contribution in [-0.2, 0) is 9.47 Å². The molecule has 2 aromatic heterocycles. The van der Waals surface area contributed by atoms with Gasteiger partial charge in [0.05, 0.1) is 29.2 Å². The normalized spacial score (nSPS) is 24.8. The average Bonchev–Trinajstić information content (AvgIpc) is 3.34. The lowest BCUT2D eigenvalue weighted by Gasteiger charge is -2.34. The van der Waals surface area contributed by atoms with Gasteiger partial charge in [0, 0.05) is 5.92 Å². The van der Waals surface area contributed by atoms with Gasteiger partial charge in [-0.25, -0.2) is 15.2 Å². The molecule has 1 fully saturated rings. The van der Waals surface area contributed by atoms with Crippen molar-refractivity contribution in [3.8, 4) is 0 Å². The summed E-state index contributed by atoms with van der Waals surface area (Å²) in [5.74, 6) is -0.279. The van der Waals surface area contributed by atoms with E-state index in [-0.39, 0.29) is 17.8 Å². The number of hydrogen-bond acceptors (Lipinski definition) is 7. The predicted octanol–water partition coefficient (Wildman–Crippen LogP) is 4.33. The van der Waals surface area contributed by atoms with Crippen molar-refractivity contribution in [3.63, 3.8) is 0 Å². The maximum absolute atomic E-state index is 13.0. The molecule has 1 aliphatic heterocycles. The van der Waals surface area contributed by atoms with E-state index in [0.717, 1.165) is 6.42 Å². The van der Waals surface area contributed by atoms with Gasteiger partial charge in [0.15, 0.2) is 17.3 Å². The third-order valence-electron chi connectivity index (χ3n) is 6.09. The zero-order valence-corrected chi connectivity index (χ0v) is 18.3. The Labute approximate surface area is 184 Å². The maximum Gasteiger partial charge on any atom is 0.338 e. The molecular weight excluding hydrogens is 412 g/mol. The van der Waals surface area contributed by atoms with Crippen molar-refractivity contribution in [2.24, 2.45) is 11.1 Å². The van der Waals surface area contributed by atoms with Gasteiger partial charge >= 0.3 is 5.97 Å². The van der Waals surface area contributed by atoms with Gasteiger partial charge in [-0.05, 0) is 37.6 Å². The molecule has 11 heteroatoms. The third kappa shape index (κ3) is 3.51. The Kier molecular flexibility index (Phi) is 5.68. The van der Waals surface area contributed by atoms with Crippen LogP contribution in [0.25, 0.3) is 21.5 Å². The van der Waals surface area contributed by atoms with E-state index in [4.69, 9.17) is 15.0 Å². The topological polar surface area (TPSA) is 140 Å². The van der Waals surface area contributed by atoms with Crippen molar-refractivity contribution in [3.05, 3.63) is 58.4 Å². The summed E-state index contributed by atoms with van der Waals surface area (Å²) in [6, 6.07) is 8.88. The first-order chi connectivity index (χ1) is 15.4. The second-order valence-corrected chi connectivity index (χ2v) is 7.95. The van der Waals surface area contributed by atoms with Crippen LogP contribution in [0.3, 0.4) is 0 Å². The molecule has 0 aliphatic carbocycles. The van der Waals surface area contributed by atoms with E-state index in [2.05, 4.69) is 30.7 Å². The summed E-state index contributed by atoms with van der Waals surface area (Å²) in [6.45, 7) is 7.74. The molecule has 1 saturated heterocycles. The van der Waals surface area contributed by atoms with Crippen molar-refractivity contribution < 1.29 is 14.3 Å². The van der Waals surface area contributed by atoms with Crippen molar-refractivity contribution in [2.75, 3.05) is 5.43 Å². The first-order valence-corrected chi connectivity index (χ1v) is 10.3. The van der Waals surface area contributed by atoms with E-state index >= 15 is 0 Å². The highest BCUT2D eigenvalue weighted by Crippen LogP contribution is 2.47. The highest BCUT2D eigenvalue weighted by Gasteiger charge is 2.55. The summed E-state index contributed by atoms with van der Waals surface area (Å²) in [5.41, 5.74) is 12.3. The van der Waals surface area contributed by atoms with Crippen LogP contribution in [-0.4, -0.2) is 37.4 Å². The van der Waals surface area contributed by atoms with Gasteiger partial charge < -0.3 is 9.47 Å². The predicted molar refractivity (Wildman–Crippen MR) is 116 cm³/mol. The molecule has 4 rings (SSSR count). The fourth-order valence-corrected chi connectivity index (χ4v) is 4.22. The Hall–Kier alpha value is -3.69. The maximum atomic E-state index is 13.0. The SMILES string of the molecule is CC[C@H]1O[C@@H](n2cnc3c(NN=[N+]=[N-])nnc(C)c32)[C@](C)(OC(=O)c2ccccc2)[C@@H]1C. The van der Waals surface area contributed by atoms with E-state index < -0.39 is 17.8 Å². The number of hydrogen-bond donors (Lipinski definition) is 1. The smallest absolute Gasteiger partial charge is 0.338 e. The van der Waals surface area contributed by atoms with Gasteiger partial charge in [-0.3, -0.25) is 4.57 Å². The van der Waals surface area contributed by atoms with Gasteiger partial charge in [-0.1, -0.05) is 32.0 Å². The average molecular weight is 436 g/mol. The number of carbonyl (C=O) groups is 1. The Morgan fingerprint density at radius 3 is 2.81 bits per heavy atom. The minimum absolute atomic E-state index is 0.0847. The molecule has 11 nitrogen and oxygen atoms in total. The number of rotatable bonds is 6. The number of benzene rings is 1. The number of nitrogens with zero attached hydrogens (tertiary/aromatic N) is 7. The molecule has 0 bridgehead atoms. The number of aromatic nitrogens is 4. The molecule has 0 unspecified atom stereocenters. The van der Waals surface area contributed by atoms with Gasteiger partial charge in [0.2, 0.25) is 0 Å². The zero-order chi connectivity index (χ0) is 22.9. The van der Waals surface area contributed by atoms with E-state index in [1.807, 2.05) is 31.4 Å². The van der Waals surface area contributed by atoms with E-state index in [1.165, 1.54) is 0 Å². The van der Waals surface area contributed by atoms with Crippen LogP contribution < -0.4 is 5.43 Å². The molecule has 0 saturated carbocycles. The Morgan fingerprint density at radius 2 is 2.12 bits per heavy atom. The number of anilines is 1. The van der Waals surface area contributed by atoms with Crippen molar-refractivity contribution in [1.82, 2.24) is 19.7 Å². The van der Waals surface area contributed by atoms with Crippen LogP contribution in [0.1, 0.15) is 49.5 Å². The number of ether oxygens (including phenoxy) is 2. The summed E-state index contributed by atoms with van der Waals surface area (Å²) >= 11 is 0. The largest absolute Gasteiger partial charge is 0.451 e. The van der Waals surface area contributed by atoms with Crippen LogP contribution >= 0.6 is 0 Å². The number of esters is 1. The summed E-state index contributed by atoms with van der Waals surface area (Å²) < 4.78 is 14.3. The lowest BCUT2D eigenvalue weighted by molar-refractivity contribution is -0.0946. The summed E-state index contributed by atoms with van der Waals surface area (Å²) in [4.78, 5) is 20.1. The van der Waals surface area contributed by atoms with Gasteiger partial charge in [0.25, 0.3) is 5.82 Å². The number of fused-ring (bicyclic) bond motifs is 1. The van der Waals surface area contributed by atoms with Gasteiger partial charge in [0.1, 0.15) is 0 Å². The standard InChI is InChI=1S/C21H24N8O3/c1-5-15-12(2)21(4,32-19(30)14-9-7-6-8-10-14)20(31-15)29-11-23-16-17(29)13(3)24-25-18(16)26-28-27-22/h6-12,15,20H,5H2,1-4H3,(H,25,26)/t12-,15-,20-,21-/m1/s1.